The Bertz CT molecular complexity index is 941. The number of hydrogen-bond donors (Lipinski definition) is 1. The summed E-state index contributed by atoms with van der Waals surface area (Å²) in [5.41, 5.74) is 1.47. The van der Waals surface area contributed by atoms with Crippen molar-refractivity contribution in [3.8, 4) is 11.4 Å². The molecule has 0 aliphatic carbocycles. The summed E-state index contributed by atoms with van der Waals surface area (Å²) < 4.78 is 15.6. The van der Waals surface area contributed by atoms with Crippen LogP contribution in [0.1, 0.15) is 0 Å². The Morgan fingerprint density at radius 2 is 1.93 bits per heavy atom. The van der Waals surface area contributed by atoms with Gasteiger partial charge in [0.2, 0.25) is 11.1 Å². The lowest BCUT2D eigenvalue weighted by atomic mass is 10.2. The maximum Gasteiger partial charge on any atom is 0.234 e. The third-order valence-electron chi connectivity index (χ3n) is 3.52. The molecule has 0 atom stereocenters. The summed E-state index contributed by atoms with van der Waals surface area (Å²) in [5, 5.41) is 7.66. The number of carbonyl (C=O) groups is 1. The van der Waals surface area contributed by atoms with E-state index in [1.165, 1.54) is 36.0 Å². The monoisotopic (exact) mass is 446 g/mol. The number of nitrogens with zero attached hydrogens (tertiary/aromatic N) is 3. The number of hydrogen-bond acceptors (Lipinski definition) is 4. The van der Waals surface area contributed by atoms with E-state index in [0.717, 1.165) is 10.0 Å². The zero-order chi connectivity index (χ0) is 19.2. The van der Waals surface area contributed by atoms with Gasteiger partial charge < -0.3 is 5.32 Å². The van der Waals surface area contributed by atoms with Gasteiger partial charge in [0.1, 0.15) is 5.82 Å². The molecule has 138 valence electrons. The summed E-state index contributed by atoms with van der Waals surface area (Å²) in [6.07, 6.45) is 1.74. The highest BCUT2D eigenvalue weighted by Crippen LogP contribution is 2.24. The van der Waals surface area contributed by atoms with Crippen molar-refractivity contribution in [3.63, 3.8) is 0 Å². The molecule has 3 aromatic rings. The molecule has 0 fully saturated rings. The molecule has 0 saturated carbocycles. The molecule has 1 N–H and O–H groups in total. The molecule has 8 heteroatoms. The Hall–Kier alpha value is -2.45. The molecule has 1 aromatic heterocycles. The second-order valence-corrected chi connectivity index (χ2v) is 7.40. The summed E-state index contributed by atoms with van der Waals surface area (Å²) in [4.78, 5) is 16.6. The van der Waals surface area contributed by atoms with Crippen LogP contribution in [0.2, 0.25) is 0 Å². The number of allylic oxidation sites excluding steroid dienone is 1. The maximum atomic E-state index is 12.9. The van der Waals surface area contributed by atoms with Gasteiger partial charge in [0.05, 0.1) is 12.3 Å². The summed E-state index contributed by atoms with van der Waals surface area (Å²) >= 11 is 4.65. The first-order chi connectivity index (χ1) is 13.0. The fraction of sp³-hybridized carbons (Fsp3) is 0.105. The Balaban J connectivity index is 1.68. The van der Waals surface area contributed by atoms with E-state index < -0.39 is 0 Å². The quantitative estimate of drug-likeness (QED) is 0.419. The standard InChI is InChI=1S/C19H16BrFN4OS/c1-2-11-25-18(13-3-5-14(20)6-4-13)23-19(24-25)27-12-17(26)22-16-9-7-15(21)8-10-16/h2-10H,1,11-12H2,(H,22,26). The van der Waals surface area contributed by atoms with Crippen molar-refractivity contribution < 1.29 is 9.18 Å². The van der Waals surface area contributed by atoms with Crippen molar-refractivity contribution in [2.45, 2.75) is 11.7 Å². The van der Waals surface area contributed by atoms with Gasteiger partial charge >= 0.3 is 0 Å². The lowest BCUT2D eigenvalue weighted by Gasteiger charge is -2.03. The van der Waals surface area contributed by atoms with Crippen LogP contribution in [0.15, 0.2) is 70.8 Å². The summed E-state index contributed by atoms with van der Waals surface area (Å²) in [6.45, 7) is 4.26. The van der Waals surface area contributed by atoms with Gasteiger partial charge in [-0.25, -0.2) is 14.1 Å². The van der Waals surface area contributed by atoms with Crippen molar-refractivity contribution in [2.75, 3.05) is 11.1 Å². The third kappa shape index (κ3) is 5.27. The van der Waals surface area contributed by atoms with Crippen LogP contribution in [0, 0.1) is 5.82 Å². The summed E-state index contributed by atoms with van der Waals surface area (Å²) in [7, 11) is 0. The molecule has 1 amide bonds. The second-order valence-electron chi connectivity index (χ2n) is 5.54. The molecule has 5 nitrogen and oxygen atoms in total. The van der Waals surface area contributed by atoms with Crippen LogP contribution in [-0.2, 0) is 11.3 Å². The minimum absolute atomic E-state index is 0.148. The summed E-state index contributed by atoms with van der Waals surface area (Å²) in [6, 6.07) is 13.4. The Morgan fingerprint density at radius 1 is 1.22 bits per heavy atom. The molecule has 2 aromatic carbocycles. The van der Waals surface area contributed by atoms with Gasteiger partial charge in [-0.15, -0.1) is 11.7 Å². The topological polar surface area (TPSA) is 59.8 Å². The average Bonchev–Trinajstić information content (AvgIpc) is 3.06. The molecule has 0 aliphatic heterocycles. The zero-order valence-corrected chi connectivity index (χ0v) is 16.6. The normalized spacial score (nSPS) is 10.6. The van der Waals surface area contributed by atoms with E-state index >= 15 is 0 Å². The zero-order valence-electron chi connectivity index (χ0n) is 14.2. The number of aromatic nitrogens is 3. The minimum Gasteiger partial charge on any atom is -0.325 e. The maximum absolute atomic E-state index is 12.9. The molecule has 1 heterocycles. The minimum atomic E-state index is -0.347. The van der Waals surface area contributed by atoms with Crippen LogP contribution in [0.3, 0.4) is 0 Å². The lowest BCUT2D eigenvalue weighted by Crippen LogP contribution is -2.14. The van der Waals surface area contributed by atoms with Crippen LogP contribution in [0.5, 0.6) is 0 Å². The van der Waals surface area contributed by atoms with Gasteiger partial charge in [-0.3, -0.25) is 4.79 Å². The molecule has 0 unspecified atom stereocenters. The molecule has 0 bridgehead atoms. The molecule has 0 radical (unpaired) electrons. The van der Waals surface area contributed by atoms with E-state index in [9.17, 15) is 9.18 Å². The average molecular weight is 447 g/mol. The number of halogens is 2. The number of rotatable bonds is 7. The van der Waals surface area contributed by atoms with E-state index in [1.807, 2.05) is 24.3 Å². The van der Waals surface area contributed by atoms with E-state index in [1.54, 1.807) is 10.8 Å². The van der Waals surface area contributed by atoms with Crippen LogP contribution in [-0.4, -0.2) is 26.4 Å². The van der Waals surface area contributed by atoms with Crippen molar-refractivity contribution in [3.05, 3.63) is 71.5 Å². The largest absolute Gasteiger partial charge is 0.325 e. The van der Waals surface area contributed by atoms with Gasteiger partial charge in [-0.2, -0.15) is 0 Å². The van der Waals surface area contributed by atoms with Crippen molar-refractivity contribution in [1.82, 2.24) is 14.8 Å². The molecule has 0 spiro atoms. The Kier molecular flexibility index (Phi) is 6.41. The van der Waals surface area contributed by atoms with Crippen LogP contribution >= 0.6 is 27.7 Å². The van der Waals surface area contributed by atoms with Gasteiger partial charge in [0, 0.05) is 15.7 Å². The van der Waals surface area contributed by atoms with Crippen molar-refractivity contribution in [2.24, 2.45) is 0 Å². The molecular formula is C19H16BrFN4OS. The molecular weight excluding hydrogens is 431 g/mol. The molecule has 0 aliphatic rings. The Labute approximate surface area is 168 Å². The van der Waals surface area contributed by atoms with Crippen molar-refractivity contribution in [1.29, 1.82) is 0 Å². The number of carbonyl (C=O) groups excluding carboxylic acids is 1. The predicted octanol–water partition coefficient (Wildman–Crippen LogP) is 4.76. The highest BCUT2D eigenvalue weighted by Gasteiger charge is 2.13. The van der Waals surface area contributed by atoms with E-state index in [4.69, 9.17) is 0 Å². The smallest absolute Gasteiger partial charge is 0.234 e. The highest BCUT2D eigenvalue weighted by molar-refractivity contribution is 9.10. The number of benzene rings is 2. The molecule has 27 heavy (non-hydrogen) atoms. The van der Waals surface area contributed by atoms with Crippen LogP contribution in [0.4, 0.5) is 10.1 Å². The second kappa shape index (κ2) is 8.96. The van der Waals surface area contributed by atoms with Gasteiger partial charge in [0.15, 0.2) is 5.82 Å². The number of amides is 1. The van der Waals surface area contributed by atoms with Crippen molar-refractivity contribution >= 4 is 39.3 Å². The first-order valence-electron chi connectivity index (χ1n) is 8.05. The number of nitrogens with one attached hydrogen (secondary N) is 1. The van der Waals surface area contributed by atoms with Gasteiger partial charge in [0.25, 0.3) is 0 Å². The van der Waals surface area contributed by atoms with E-state index in [2.05, 4.69) is 37.9 Å². The fourth-order valence-electron chi connectivity index (χ4n) is 2.30. The molecule has 3 rings (SSSR count). The first kappa shape index (κ1) is 19.3. The van der Waals surface area contributed by atoms with Gasteiger partial charge in [-0.1, -0.05) is 45.9 Å². The molecule has 0 saturated heterocycles. The van der Waals surface area contributed by atoms with Crippen LogP contribution < -0.4 is 5.32 Å². The summed E-state index contributed by atoms with van der Waals surface area (Å²) in [5.74, 6) is 0.301. The third-order valence-corrected chi connectivity index (χ3v) is 4.88. The Morgan fingerprint density at radius 3 is 2.59 bits per heavy atom. The highest BCUT2D eigenvalue weighted by atomic mass is 79.9. The van der Waals surface area contributed by atoms with Gasteiger partial charge in [-0.05, 0) is 36.4 Å². The number of thioether (sulfide) groups is 1. The fourth-order valence-corrected chi connectivity index (χ4v) is 3.21. The lowest BCUT2D eigenvalue weighted by molar-refractivity contribution is -0.113. The SMILES string of the molecule is C=CCn1nc(SCC(=O)Nc2ccc(F)cc2)nc1-c1ccc(Br)cc1. The first-order valence-corrected chi connectivity index (χ1v) is 9.83. The van der Waals surface area contributed by atoms with E-state index in [-0.39, 0.29) is 17.5 Å². The predicted molar refractivity (Wildman–Crippen MR) is 109 cm³/mol. The van der Waals surface area contributed by atoms with E-state index in [0.29, 0.717) is 23.2 Å². The van der Waals surface area contributed by atoms with Crippen LogP contribution in [0.25, 0.3) is 11.4 Å². The number of anilines is 1.